The van der Waals surface area contributed by atoms with Gasteiger partial charge in [0.15, 0.2) is 17.9 Å². The molecule has 3 aromatic rings. The number of halogens is 4. The molecule has 0 unspecified atom stereocenters. The van der Waals surface area contributed by atoms with Crippen LogP contribution in [0, 0.1) is 13.8 Å². The standard InChI is InChI=1S/C13H16ClN3O.C13H14F3N3O.C13H17N3O/c1-9-5-4-6-11(14)10(9)7-8-12(18)16-13(15)17(2)3;1-19(2)12(17)18-11(20)8-7-9-5-3-4-6-10(9)13(14,15)16;1-10-6-4-5-7-11(10)8-9-12(17)15-13(14)16(2)3/h4-8H,1-3H3,(H2,15,16,18);3-8H,1-2H3,(H2,17,18,20);4-9H,1-3H3,(H2,14,15,17). The summed E-state index contributed by atoms with van der Waals surface area (Å²) in [6.07, 6.45) is 3.69. The van der Waals surface area contributed by atoms with Gasteiger partial charge in [-0.3, -0.25) is 14.4 Å². The maximum Gasteiger partial charge on any atom is 0.416 e. The highest BCUT2D eigenvalue weighted by Gasteiger charge is 2.32. The molecular weight excluding hydrogens is 735 g/mol. The van der Waals surface area contributed by atoms with Crippen molar-refractivity contribution in [2.45, 2.75) is 20.0 Å². The Morgan fingerprint density at radius 1 is 0.582 bits per heavy atom. The smallest absolute Gasteiger partial charge is 0.369 e. The molecule has 55 heavy (non-hydrogen) atoms. The van der Waals surface area contributed by atoms with Gasteiger partial charge in [0.25, 0.3) is 17.7 Å². The molecule has 6 N–H and O–H groups in total. The monoisotopic (exact) mass is 781 g/mol. The average Bonchev–Trinajstić information content (AvgIpc) is 3.10. The SMILES string of the molecule is CN(C)C(N)=NC(=O)C=Cc1ccccc1C(F)(F)F.Cc1cccc(Cl)c1C=CC(=O)N=C(N)N(C)C.Cc1ccccc1C=CC(=O)N=C(N)N(C)C. The molecule has 3 rings (SSSR count). The first-order valence-electron chi connectivity index (χ1n) is 16.3. The minimum atomic E-state index is -4.48. The van der Waals surface area contributed by atoms with E-state index in [1.54, 1.807) is 70.3 Å². The largest absolute Gasteiger partial charge is 0.416 e. The number of guanidine groups is 3. The zero-order chi connectivity index (χ0) is 41.9. The minimum absolute atomic E-state index is 0.0243. The summed E-state index contributed by atoms with van der Waals surface area (Å²) >= 11 is 6.04. The molecule has 0 heterocycles. The van der Waals surface area contributed by atoms with Crippen LogP contribution in [0.4, 0.5) is 13.2 Å². The number of alkyl halides is 3. The quantitative estimate of drug-likeness (QED) is 0.163. The van der Waals surface area contributed by atoms with Crippen LogP contribution in [-0.4, -0.2) is 92.6 Å². The van der Waals surface area contributed by atoms with Crippen LogP contribution < -0.4 is 17.2 Å². The molecule has 0 aliphatic carbocycles. The Hall–Kier alpha value is -6.22. The second-order valence-corrected chi connectivity index (χ2v) is 12.4. The zero-order valence-electron chi connectivity index (χ0n) is 32.0. The zero-order valence-corrected chi connectivity index (χ0v) is 32.7. The lowest BCUT2D eigenvalue weighted by Crippen LogP contribution is -2.31. The molecule has 0 aliphatic rings. The highest BCUT2D eigenvalue weighted by atomic mass is 35.5. The van der Waals surface area contributed by atoms with E-state index < -0.39 is 23.6 Å². The van der Waals surface area contributed by atoms with E-state index in [1.807, 2.05) is 50.2 Å². The summed E-state index contributed by atoms with van der Waals surface area (Å²) in [6, 6.07) is 18.3. The predicted octanol–water partition coefficient (Wildman–Crippen LogP) is 5.60. The normalized spacial score (nSPS) is 12.2. The van der Waals surface area contributed by atoms with Crippen molar-refractivity contribution in [1.82, 2.24) is 14.7 Å². The van der Waals surface area contributed by atoms with Gasteiger partial charge in [-0.2, -0.15) is 28.1 Å². The summed E-state index contributed by atoms with van der Waals surface area (Å²) in [5, 5.41) is 0.601. The van der Waals surface area contributed by atoms with Crippen LogP contribution in [0.3, 0.4) is 0 Å². The number of carbonyl (C=O) groups is 3. The molecule has 0 spiro atoms. The summed E-state index contributed by atoms with van der Waals surface area (Å²) in [7, 11) is 10.1. The van der Waals surface area contributed by atoms with E-state index in [2.05, 4.69) is 15.0 Å². The number of hydrogen-bond donors (Lipinski definition) is 3. The second kappa shape index (κ2) is 22.8. The van der Waals surface area contributed by atoms with Crippen molar-refractivity contribution >= 4 is 65.4 Å². The third kappa shape index (κ3) is 17.9. The highest BCUT2D eigenvalue weighted by molar-refractivity contribution is 6.32. The number of benzene rings is 3. The number of amides is 3. The van der Waals surface area contributed by atoms with Gasteiger partial charge in [-0.1, -0.05) is 66.2 Å². The van der Waals surface area contributed by atoms with Crippen molar-refractivity contribution in [2.24, 2.45) is 32.2 Å². The summed E-state index contributed by atoms with van der Waals surface area (Å²) in [5.41, 5.74) is 19.5. The Bertz CT molecular complexity index is 1950. The Labute approximate surface area is 324 Å². The third-order valence-electron chi connectivity index (χ3n) is 6.98. The molecule has 0 fully saturated rings. The molecule has 0 radical (unpaired) electrons. The van der Waals surface area contributed by atoms with Crippen molar-refractivity contribution in [3.05, 3.63) is 123 Å². The minimum Gasteiger partial charge on any atom is -0.369 e. The predicted molar refractivity (Wildman–Crippen MR) is 217 cm³/mol. The Morgan fingerprint density at radius 3 is 1.38 bits per heavy atom. The van der Waals surface area contributed by atoms with E-state index >= 15 is 0 Å². The summed E-state index contributed by atoms with van der Waals surface area (Å²) in [4.78, 5) is 49.9. The number of hydrogen-bond acceptors (Lipinski definition) is 3. The fourth-order valence-corrected chi connectivity index (χ4v) is 4.04. The summed E-state index contributed by atoms with van der Waals surface area (Å²) in [6.45, 7) is 3.91. The third-order valence-corrected chi connectivity index (χ3v) is 7.31. The first-order chi connectivity index (χ1) is 25.6. The van der Waals surface area contributed by atoms with E-state index in [1.165, 1.54) is 35.3 Å². The fraction of sp³-hybridized carbons (Fsp3) is 0.231. The number of carbonyl (C=O) groups excluding carboxylic acids is 3. The van der Waals surface area contributed by atoms with E-state index in [0.717, 1.165) is 40.5 Å². The molecule has 0 aliphatic heterocycles. The van der Waals surface area contributed by atoms with Gasteiger partial charge in [0, 0.05) is 65.5 Å². The van der Waals surface area contributed by atoms with Crippen LogP contribution in [0.5, 0.6) is 0 Å². The number of aryl methyl sites for hydroxylation is 2. The van der Waals surface area contributed by atoms with Gasteiger partial charge in [0.2, 0.25) is 0 Å². The van der Waals surface area contributed by atoms with E-state index in [4.69, 9.17) is 28.8 Å². The lowest BCUT2D eigenvalue weighted by molar-refractivity contribution is -0.137. The Kier molecular flexibility index (Phi) is 19.4. The number of aliphatic imine (C=N–C) groups is 3. The second-order valence-electron chi connectivity index (χ2n) is 12.0. The maximum absolute atomic E-state index is 12.7. The van der Waals surface area contributed by atoms with Gasteiger partial charge in [-0.25, -0.2) is 0 Å². The summed E-state index contributed by atoms with van der Waals surface area (Å²) in [5.74, 6) is -1.16. The number of rotatable bonds is 6. The molecule has 3 amide bonds. The highest BCUT2D eigenvalue weighted by Crippen LogP contribution is 2.32. The molecule has 0 saturated carbocycles. The molecule has 3 aromatic carbocycles. The molecule has 12 nitrogen and oxygen atoms in total. The lowest BCUT2D eigenvalue weighted by atomic mass is 10.1. The van der Waals surface area contributed by atoms with Crippen molar-refractivity contribution in [1.29, 1.82) is 0 Å². The van der Waals surface area contributed by atoms with Crippen LogP contribution >= 0.6 is 11.6 Å². The van der Waals surface area contributed by atoms with Crippen LogP contribution in [0.15, 0.2) is 99.9 Å². The van der Waals surface area contributed by atoms with Crippen molar-refractivity contribution in [2.75, 3.05) is 42.3 Å². The van der Waals surface area contributed by atoms with Crippen molar-refractivity contribution in [3.63, 3.8) is 0 Å². The van der Waals surface area contributed by atoms with E-state index in [9.17, 15) is 27.6 Å². The van der Waals surface area contributed by atoms with Gasteiger partial charge < -0.3 is 31.9 Å². The van der Waals surface area contributed by atoms with Crippen LogP contribution in [0.1, 0.15) is 33.4 Å². The van der Waals surface area contributed by atoms with Gasteiger partial charge in [-0.05, 0) is 72.0 Å². The molecule has 0 bridgehead atoms. The first-order valence-corrected chi connectivity index (χ1v) is 16.7. The van der Waals surface area contributed by atoms with Crippen molar-refractivity contribution in [3.8, 4) is 0 Å². The molecule has 294 valence electrons. The fourth-order valence-electron chi connectivity index (χ4n) is 3.76. The van der Waals surface area contributed by atoms with Gasteiger partial charge in [0.1, 0.15) is 0 Å². The van der Waals surface area contributed by atoms with Crippen molar-refractivity contribution < 1.29 is 27.6 Å². The maximum atomic E-state index is 12.7. The number of nitrogens with two attached hydrogens (primary N) is 3. The molecule has 16 heteroatoms. The first kappa shape index (κ1) is 46.8. The van der Waals surface area contributed by atoms with E-state index in [0.29, 0.717) is 5.02 Å². The Morgan fingerprint density at radius 2 is 0.964 bits per heavy atom. The average molecular weight is 782 g/mol. The molecule has 0 saturated heterocycles. The number of nitrogens with zero attached hydrogens (tertiary/aromatic N) is 6. The molecule has 0 atom stereocenters. The van der Waals surface area contributed by atoms with Gasteiger partial charge in [-0.15, -0.1) is 0 Å². The van der Waals surface area contributed by atoms with Gasteiger partial charge >= 0.3 is 6.18 Å². The molecule has 0 aromatic heterocycles. The topological polar surface area (TPSA) is 176 Å². The van der Waals surface area contributed by atoms with Gasteiger partial charge in [0.05, 0.1) is 5.56 Å². The Balaban J connectivity index is 0.000000414. The summed E-state index contributed by atoms with van der Waals surface area (Å²) < 4.78 is 38.1. The lowest BCUT2D eigenvalue weighted by Gasteiger charge is -2.10. The van der Waals surface area contributed by atoms with Crippen LogP contribution in [0.2, 0.25) is 5.02 Å². The van der Waals surface area contributed by atoms with Crippen LogP contribution in [0.25, 0.3) is 18.2 Å². The van der Waals surface area contributed by atoms with E-state index in [-0.39, 0.29) is 29.3 Å². The van der Waals surface area contributed by atoms with Crippen LogP contribution in [-0.2, 0) is 20.6 Å². The molecular formula is C39H47ClF3N9O3.